The number of nitrogens with zero attached hydrogens (tertiary/aromatic N) is 1. The summed E-state index contributed by atoms with van der Waals surface area (Å²) in [4.78, 5) is 14.3. The predicted octanol–water partition coefficient (Wildman–Crippen LogP) is 2.78. The first kappa shape index (κ1) is 14.5. The molecule has 2 atom stereocenters. The van der Waals surface area contributed by atoms with Gasteiger partial charge in [0.15, 0.2) is 0 Å². The van der Waals surface area contributed by atoms with Crippen LogP contribution in [0.1, 0.15) is 24.8 Å². The van der Waals surface area contributed by atoms with E-state index in [9.17, 15) is 4.79 Å². The van der Waals surface area contributed by atoms with Gasteiger partial charge in [0, 0.05) is 24.0 Å². The van der Waals surface area contributed by atoms with Gasteiger partial charge in [0.2, 0.25) is 5.91 Å². The maximum atomic E-state index is 12.5. The van der Waals surface area contributed by atoms with E-state index < -0.39 is 0 Å². The quantitative estimate of drug-likeness (QED) is 0.925. The number of carbonyl (C=O) groups is 1. The molecule has 1 aromatic rings. The van der Waals surface area contributed by atoms with Gasteiger partial charge in [-0.05, 0) is 43.0 Å². The number of benzene rings is 1. The summed E-state index contributed by atoms with van der Waals surface area (Å²) in [6, 6.07) is 8.09. The van der Waals surface area contributed by atoms with E-state index in [0.29, 0.717) is 19.0 Å². The van der Waals surface area contributed by atoms with Crippen molar-refractivity contribution in [1.29, 1.82) is 0 Å². The smallest absolute Gasteiger partial charge is 0.226 e. The molecular formula is C15H21BrN2O. The molecule has 3 nitrogen and oxygen atoms in total. The van der Waals surface area contributed by atoms with Crippen molar-refractivity contribution in [1.82, 2.24) is 4.90 Å². The third-order valence-corrected chi connectivity index (χ3v) is 4.46. The van der Waals surface area contributed by atoms with Gasteiger partial charge in [-0.2, -0.15) is 0 Å². The van der Waals surface area contributed by atoms with E-state index in [0.717, 1.165) is 29.3 Å². The molecule has 0 aromatic heterocycles. The summed E-state index contributed by atoms with van der Waals surface area (Å²) in [5.74, 6) is 0.743. The average Bonchev–Trinajstić information content (AvgIpc) is 2.86. The molecule has 2 rings (SSSR count). The molecule has 1 fully saturated rings. The molecule has 0 bridgehead atoms. The highest BCUT2D eigenvalue weighted by atomic mass is 79.9. The fourth-order valence-electron chi connectivity index (χ4n) is 2.91. The Morgan fingerprint density at radius 2 is 2.26 bits per heavy atom. The van der Waals surface area contributed by atoms with Crippen molar-refractivity contribution in [2.24, 2.45) is 17.6 Å². The molecule has 2 N–H and O–H groups in total. The second-order valence-corrected chi connectivity index (χ2v) is 6.27. The molecule has 1 aliphatic carbocycles. The molecular weight excluding hydrogens is 304 g/mol. The fraction of sp³-hybridized carbons (Fsp3) is 0.533. The lowest BCUT2D eigenvalue weighted by Crippen LogP contribution is -2.36. The summed E-state index contributed by atoms with van der Waals surface area (Å²) in [5.41, 5.74) is 6.90. The molecule has 0 radical (unpaired) electrons. The lowest BCUT2D eigenvalue weighted by molar-refractivity contribution is -0.135. The van der Waals surface area contributed by atoms with Crippen LogP contribution in [0.15, 0.2) is 28.7 Å². The first-order chi connectivity index (χ1) is 9.11. The molecule has 0 aliphatic heterocycles. The van der Waals surface area contributed by atoms with Crippen LogP contribution in [-0.2, 0) is 11.3 Å². The monoisotopic (exact) mass is 324 g/mol. The standard InChI is InChI=1S/C15H21BrN2O/c1-18(10-11-4-2-6-13(16)8-11)15(19)14-7-3-5-12(14)9-17/h2,4,6,8,12,14H,3,5,7,9-10,17H2,1H3/t12-,14-/m1/s1. The maximum absolute atomic E-state index is 12.5. The largest absolute Gasteiger partial charge is 0.341 e. The van der Waals surface area contributed by atoms with Crippen LogP contribution < -0.4 is 5.73 Å². The number of amides is 1. The molecule has 0 saturated heterocycles. The molecule has 0 spiro atoms. The van der Waals surface area contributed by atoms with Crippen molar-refractivity contribution < 1.29 is 4.79 Å². The van der Waals surface area contributed by atoms with Crippen LogP contribution in [0.3, 0.4) is 0 Å². The Morgan fingerprint density at radius 1 is 1.47 bits per heavy atom. The summed E-state index contributed by atoms with van der Waals surface area (Å²) >= 11 is 3.46. The Hall–Kier alpha value is -0.870. The Balaban J connectivity index is 1.99. The fourth-order valence-corrected chi connectivity index (χ4v) is 3.36. The Kier molecular flexibility index (Phi) is 4.99. The van der Waals surface area contributed by atoms with Crippen LogP contribution in [0, 0.1) is 11.8 Å². The molecule has 1 saturated carbocycles. The van der Waals surface area contributed by atoms with Gasteiger partial charge in [0.05, 0.1) is 0 Å². The zero-order valence-electron chi connectivity index (χ0n) is 11.3. The second kappa shape index (κ2) is 6.53. The minimum absolute atomic E-state index is 0.127. The van der Waals surface area contributed by atoms with Crippen molar-refractivity contribution in [2.45, 2.75) is 25.8 Å². The second-order valence-electron chi connectivity index (χ2n) is 5.36. The van der Waals surface area contributed by atoms with Crippen LogP contribution in [0.2, 0.25) is 0 Å². The number of hydrogen-bond acceptors (Lipinski definition) is 2. The summed E-state index contributed by atoms with van der Waals surface area (Å²) in [5, 5.41) is 0. The highest BCUT2D eigenvalue weighted by Crippen LogP contribution is 2.32. The lowest BCUT2D eigenvalue weighted by Gasteiger charge is -2.24. The van der Waals surface area contributed by atoms with Crippen LogP contribution in [0.5, 0.6) is 0 Å². The van der Waals surface area contributed by atoms with Gasteiger partial charge in [-0.1, -0.05) is 34.5 Å². The first-order valence-electron chi connectivity index (χ1n) is 6.81. The highest BCUT2D eigenvalue weighted by Gasteiger charge is 2.33. The van der Waals surface area contributed by atoms with Crippen LogP contribution >= 0.6 is 15.9 Å². The van der Waals surface area contributed by atoms with Gasteiger partial charge in [-0.15, -0.1) is 0 Å². The van der Waals surface area contributed by atoms with Gasteiger partial charge in [-0.3, -0.25) is 4.79 Å². The van der Waals surface area contributed by atoms with Crippen molar-refractivity contribution in [3.63, 3.8) is 0 Å². The van der Waals surface area contributed by atoms with Gasteiger partial charge in [0.25, 0.3) is 0 Å². The zero-order chi connectivity index (χ0) is 13.8. The summed E-state index contributed by atoms with van der Waals surface area (Å²) < 4.78 is 1.05. The Labute approximate surface area is 123 Å². The zero-order valence-corrected chi connectivity index (χ0v) is 12.9. The minimum Gasteiger partial charge on any atom is -0.341 e. The molecule has 104 valence electrons. The van der Waals surface area contributed by atoms with E-state index >= 15 is 0 Å². The maximum Gasteiger partial charge on any atom is 0.226 e. The Bertz CT molecular complexity index is 450. The van der Waals surface area contributed by atoms with E-state index in [1.807, 2.05) is 30.1 Å². The molecule has 1 aromatic carbocycles. The van der Waals surface area contributed by atoms with Gasteiger partial charge < -0.3 is 10.6 Å². The third-order valence-electron chi connectivity index (χ3n) is 3.96. The number of hydrogen-bond donors (Lipinski definition) is 1. The normalized spacial score (nSPS) is 22.5. The molecule has 0 unspecified atom stereocenters. The van der Waals surface area contributed by atoms with Crippen LogP contribution in [0.4, 0.5) is 0 Å². The number of rotatable bonds is 4. The summed E-state index contributed by atoms with van der Waals surface area (Å²) in [6.07, 6.45) is 3.21. The van der Waals surface area contributed by atoms with E-state index in [-0.39, 0.29) is 11.8 Å². The van der Waals surface area contributed by atoms with Crippen molar-refractivity contribution in [3.8, 4) is 0 Å². The minimum atomic E-state index is 0.127. The topological polar surface area (TPSA) is 46.3 Å². The molecule has 19 heavy (non-hydrogen) atoms. The summed E-state index contributed by atoms with van der Waals surface area (Å²) in [7, 11) is 1.88. The average molecular weight is 325 g/mol. The molecule has 4 heteroatoms. The highest BCUT2D eigenvalue weighted by molar-refractivity contribution is 9.10. The lowest BCUT2D eigenvalue weighted by atomic mass is 9.95. The van der Waals surface area contributed by atoms with E-state index in [4.69, 9.17) is 5.73 Å². The molecule has 1 aliphatic rings. The third kappa shape index (κ3) is 3.57. The van der Waals surface area contributed by atoms with Crippen LogP contribution in [0.25, 0.3) is 0 Å². The predicted molar refractivity (Wildman–Crippen MR) is 80.5 cm³/mol. The van der Waals surface area contributed by atoms with E-state index in [1.165, 1.54) is 0 Å². The number of nitrogens with two attached hydrogens (primary N) is 1. The molecule has 0 heterocycles. The first-order valence-corrected chi connectivity index (χ1v) is 7.60. The van der Waals surface area contributed by atoms with Crippen molar-refractivity contribution in [2.75, 3.05) is 13.6 Å². The van der Waals surface area contributed by atoms with Crippen LogP contribution in [-0.4, -0.2) is 24.4 Å². The Morgan fingerprint density at radius 3 is 2.95 bits per heavy atom. The number of carbonyl (C=O) groups excluding carboxylic acids is 1. The van der Waals surface area contributed by atoms with E-state index in [2.05, 4.69) is 22.0 Å². The van der Waals surface area contributed by atoms with Crippen molar-refractivity contribution in [3.05, 3.63) is 34.3 Å². The summed E-state index contributed by atoms with van der Waals surface area (Å²) in [6.45, 7) is 1.28. The molecule has 1 amide bonds. The van der Waals surface area contributed by atoms with Gasteiger partial charge >= 0.3 is 0 Å². The number of halogens is 1. The van der Waals surface area contributed by atoms with Gasteiger partial charge in [-0.25, -0.2) is 0 Å². The van der Waals surface area contributed by atoms with Crippen molar-refractivity contribution >= 4 is 21.8 Å². The SMILES string of the molecule is CN(Cc1cccc(Br)c1)C(=O)[C@@H]1CCC[C@@H]1CN. The van der Waals surface area contributed by atoms with E-state index in [1.54, 1.807) is 0 Å². The van der Waals surface area contributed by atoms with Gasteiger partial charge in [0.1, 0.15) is 0 Å².